The second kappa shape index (κ2) is 4.53. The zero-order valence-corrected chi connectivity index (χ0v) is 11.6. The molecule has 5 nitrogen and oxygen atoms in total. The minimum absolute atomic E-state index is 0.173. The van der Waals surface area contributed by atoms with Gasteiger partial charge in [-0.05, 0) is 13.8 Å². The van der Waals surface area contributed by atoms with E-state index < -0.39 is 0 Å². The van der Waals surface area contributed by atoms with Gasteiger partial charge >= 0.3 is 0 Å². The lowest BCUT2D eigenvalue weighted by molar-refractivity contribution is -0.118. The maximum Gasteiger partial charge on any atom is 0.282 e. The van der Waals surface area contributed by atoms with Crippen LogP contribution in [0.4, 0.5) is 5.69 Å². The molecule has 2 rings (SSSR count). The molecule has 0 aliphatic carbocycles. The Morgan fingerprint density at radius 2 is 2.11 bits per heavy atom. The van der Waals surface area contributed by atoms with Gasteiger partial charge in [0.25, 0.3) is 5.56 Å². The van der Waals surface area contributed by atoms with E-state index in [-0.39, 0.29) is 23.1 Å². The first-order valence-electron chi connectivity index (χ1n) is 5.70. The molecule has 18 heavy (non-hydrogen) atoms. The molecule has 0 aliphatic rings. The maximum absolute atomic E-state index is 12.3. The van der Waals surface area contributed by atoms with Crippen LogP contribution in [0.15, 0.2) is 10.2 Å². The Balaban J connectivity index is 2.60. The van der Waals surface area contributed by atoms with Gasteiger partial charge in [-0.15, -0.1) is 11.3 Å². The molecule has 0 saturated carbocycles. The molecule has 0 fully saturated rings. The van der Waals surface area contributed by atoms with Crippen LogP contribution >= 0.6 is 11.3 Å². The summed E-state index contributed by atoms with van der Waals surface area (Å²) in [5.74, 6) is -0.349. The number of fused-ring (bicyclic) bond motifs is 1. The van der Waals surface area contributed by atoms with Gasteiger partial charge in [-0.1, -0.05) is 13.8 Å². The summed E-state index contributed by atoms with van der Waals surface area (Å²) in [5, 5.41) is 4.53. The topological polar surface area (TPSA) is 63.5 Å². The summed E-state index contributed by atoms with van der Waals surface area (Å²) in [6.07, 6.45) is 0. The number of rotatable bonds is 2. The first kappa shape index (κ1) is 12.8. The molecule has 6 heteroatoms. The van der Waals surface area contributed by atoms with E-state index in [2.05, 4.69) is 10.3 Å². The summed E-state index contributed by atoms with van der Waals surface area (Å²) in [6.45, 7) is 7.14. The van der Waals surface area contributed by atoms with Gasteiger partial charge in [0.15, 0.2) is 4.96 Å². The SMILES string of the molecule is Cc1nc2scc(C)n2c(=O)c1NC(=O)C(C)C. The monoisotopic (exact) mass is 265 g/mol. The minimum Gasteiger partial charge on any atom is -0.320 e. The van der Waals surface area contributed by atoms with E-state index in [1.807, 2.05) is 12.3 Å². The lowest BCUT2D eigenvalue weighted by Crippen LogP contribution is -2.27. The summed E-state index contributed by atoms with van der Waals surface area (Å²) in [5.41, 5.74) is 1.43. The normalized spacial score (nSPS) is 11.2. The van der Waals surface area contributed by atoms with Gasteiger partial charge in [-0.3, -0.25) is 14.0 Å². The van der Waals surface area contributed by atoms with E-state index in [0.717, 1.165) is 5.69 Å². The summed E-state index contributed by atoms with van der Waals surface area (Å²) >= 11 is 1.42. The van der Waals surface area contributed by atoms with E-state index in [4.69, 9.17) is 0 Å². The minimum atomic E-state index is -0.217. The molecular weight excluding hydrogens is 250 g/mol. The molecule has 0 aliphatic heterocycles. The first-order valence-corrected chi connectivity index (χ1v) is 6.58. The number of amides is 1. The molecule has 2 aromatic heterocycles. The summed E-state index contributed by atoms with van der Waals surface area (Å²) in [4.78, 5) is 29.0. The zero-order valence-electron chi connectivity index (χ0n) is 10.8. The Kier molecular flexibility index (Phi) is 3.21. The summed E-state index contributed by atoms with van der Waals surface area (Å²) in [7, 11) is 0. The van der Waals surface area contributed by atoms with Gasteiger partial charge in [-0.2, -0.15) is 0 Å². The third-order valence-electron chi connectivity index (χ3n) is 2.69. The lowest BCUT2D eigenvalue weighted by Gasteiger charge is -2.09. The molecule has 1 N–H and O–H groups in total. The molecule has 1 amide bonds. The molecule has 0 atom stereocenters. The smallest absolute Gasteiger partial charge is 0.282 e. The highest BCUT2D eigenvalue weighted by molar-refractivity contribution is 7.15. The van der Waals surface area contributed by atoms with Crippen LogP contribution in [-0.2, 0) is 4.79 Å². The molecule has 2 aromatic rings. The molecule has 0 aromatic carbocycles. The average molecular weight is 265 g/mol. The number of carbonyl (C=O) groups is 1. The van der Waals surface area contributed by atoms with Crippen LogP contribution in [0.1, 0.15) is 25.2 Å². The molecule has 0 saturated heterocycles. The van der Waals surface area contributed by atoms with Crippen LogP contribution in [-0.4, -0.2) is 15.3 Å². The quantitative estimate of drug-likeness (QED) is 0.903. The van der Waals surface area contributed by atoms with Crippen molar-refractivity contribution in [3.8, 4) is 0 Å². The summed E-state index contributed by atoms with van der Waals surface area (Å²) < 4.78 is 1.52. The highest BCUT2D eigenvalue weighted by Gasteiger charge is 2.16. The van der Waals surface area contributed by atoms with Crippen LogP contribution in [0.25, 0.3) is 4.96 Å². The second-order valence-corrected chi connectivity index (χ2v) is 5.35. The van der Waals surface area contributed by atoms with Gasteiger partial charge in [0.1, 0.15) is 5.69 Å². The van der Waals surface area contributed by atoms with Crippen molar-refractivity contribution in [1.29, 1.82) is 0 Å². The van der Waals surface area contributed by atoms with Crippen molar-refractivity contribution in [3.05, 3.63) is 27.1 Å². The van der Waals surface area contributed by atoms with Crippen LogP contribution in [0, 0.1) is 19.8 Å². The molecule has 0 spiro atoms. The third-order valence-corrected chi connectivity index (χ3v) is 3.64. The predicted molar refractivity (Wildman–Crippen MR) is 72.3 cm³/mol. The highest BCUT2D eigenvalue weighted by atomic mass is 32.1. The van der Waals surface area contributed by atoms with Gasteiger partial charge < -0.3 is 5.32 Å². The molecule has 0 unspecified atom stereocenters. The van der Waals surface area contributed by atoms with E-state index in [9.17, 15) is 9.59 Å². The van der Waals surface area contributed by atoms with Crippen molar-refractivity contribution >= 4 is 27.9 Å². The third kappa shape index (κ3) is 2.03. The second-order valence-electron chi connectivity index (χ2n) is 4.52. The maximum atomic E-state index is 12.3. The van der Waals surface area contributed by atoms with Crippen molar-refractivity contribution < 1.29 is 4.79 Å². The Labute approximate surface area is 108 Å². The fourth-order valence-electron chi connectivity index (χ4n) is 1.60. The lowest BCUT2D eigenvalue weighted by atomic mass is 10.2. The van der Waals surface area contributed by atoms with Gasteiger partial charge in [0.05, 0.1) is 5.69 Å². The predicted octanol–water partition coefficient (Wildman–Crippen LogP) is 1.97. The van der Waals surface area contributed by atoms with Crippen molar-refractivity contribution in [3.63, 3.8) is 0 Å². The van der Waals surface area contributed by atoms with Gasteiger partial charge in [-0.25, -0.2) is 4.98 Å². The van der Waals surface area contributed by atoms with E-state index in [0.29, 0.717) is 10.7 Å². The Bertz CT molecular complexity index is 670. The molecule has 0 radical (unpaired) electrons. The number of aryl methyl sites for hydroxylation is 2. The molecular formula is C12H15N3O2S. The van der Waals surface area contributed by atoms with Crippen molar-refractivity contribution in [1.82, 2.24) is 9.38 Å². The van der Waals surface area contributed by atoms with Crippen LogP contribution < -0.4 is 10.9 Å². The summed E-state index contributed by atoms with van der Waals surface area (Å²) in [6, 6.07) is 0. The number of hydrogen-bond donors (Lipinski definition) is 1. The number of carbonyl (C=O) groups excluding carboxylic acids is 1. The first-order chi connectivity index (χ1) is 8.41. The van der Waals surface area contributed by atoms with Crippen LogP contribution in [0.3, 0.4) is 0 Å². The van der Waals surface area contributed by atoms with Crippen LogP contribution in [0.5, 0.6) is 0 Å². The van der Waals surface area contributed by atoms with Crippen molar-refractivity contribution in [2.75, 3.05) is 5.32 Å². The van der Waals surface area contributed by atoms with Gasteiger partial charge in [0, 0.05) is 17.0 Å². The molecule has 96 valence electrons. The average Bonchev–Trinajstić information content (AvgIpc) is 2.65. The standard InChI is InChI=1S/C12H15N3O2S/c1-6(2)10(16)14-9-8(4)13-12-15(11(9)17)7(3)5-18-12/h5-6H,1-4H3,(H,14,16). The fourth-order valence-corrected chi connectivity index (χ4v) is 2.50. The zero-order chi connectivity index (χ0) is 13.4. The van der Waals surface area contributed by atoms with Crippen molar-refractivity contribution in [2.45, 2.75) is 27.7 Å². The van der Waals surface area contributed by atoms with Crippen LogP contribution in [0.2, 0.25) is 0 Å². The Morgan fingerprint density at radius 3 is 2.72 bits per heavy atom. The van der Waals surface area contributed by atoms with Crippen molar-refractivity contribution in [2.24, 2.45) is 5.92 Å². The highest BCUT2D eigenvalue weighted by Crippen LogP contribution is 2.16. The fraction of sp³-hybridized carbons (Fsp3) is 0.417. The number of anilines is 1. The number of aromatic nitrogens is 2. The largest absolute Gasteiger partial charge is 0.320 e. The Hall–Kier alpha value is -1.69. The number of hydrogen-bond acceptors (Lipinski definition) is 4. The number of thiazole rings is 1. The number of nitrogens with one attached hydrogen (secondary N) is 1. The molecule has 2 heterocycles. The van der Waals surface area contributed by atoms with Gasteiger partial charge in [0.2, 0.25) is 5.91 Å². The number of nitrogens with zero attached hydrogens (tertiary/aromatic N) is 2. The van der Waals surface area contributed by atoms with E-state index in [1.165, 1.54) is 15.7 Å². The molecule has 0 bridgehead atoms. The Morgan fingerprint density at radius 1 is 1.44 bits per heavy atom. The van der Waals surface area contributed by atoms with E-state index in [1.54, 1.807) is 20.8 Å². The van der Waals surface area contributed by atoms with E-state index >= 15 is 0 Å².